The molecule has 0 saturated carbocycles. The zero-order chi connectivity index (χ0) is 23.1. The van der Waals surface area contributed by atoms with Gasteiger partial charge >= 0.3 is 0 Å². The van der Waals surface area contributed by atoms with Gasteiger partial charge in [0.2, 0.25) is 0 Å². The molecule has 33 heavy (non-hydrogen) atoms. The Kier molecular flexibility index (Phi) is 6.14. The molecule has 2 aliphatic rings. The summed E-state index contributed by atoms with van der Waals surface area (Å²) in [5, 5.41) is 0. The van der Waals surface area contributed by atoms with Crippen LogP contribution < -0.4 is 19.3 Å². The molecule has 0 N–H and O–H groups in total. The summed E-state index contributed by atoms with van der Waals surface area (Å²) in [7, 11) is 0. The molecule has 5 rings (SSSR count). The fraction of sp³-hybridized carbons (Fsp3) is 0.333. The SMILES string of the molecule is CSc1cc(C)c(N2COc3ccc(C)cc3C2)c(SC)c1N1COc2ccc(C)cc2C1. The Balaban J connectivity index is 1.57. The normalized spacial score (nSPS) is 14.9. The highest BCUT2D eigenvalue weighted by atomic mass is 32.2. The summed E-state index contributed by atoms with van der Waals surface area (Å²) >= 11 is 3.62. The van der Waals surface area contributed by atoms with Crippen LogP contribution in [0.4, 0.5) is 11.4 Å². The second-order valence-corrected chi connectivity index (χ2v) is 10.5. The summed E-state index contributed by atoms with van der Waals surface area (Å²) in [6.07, 6.45) is 4.34. The van der Waals surface area contributed by atoms with Crippen molar-refractivity contribution < 1.29 is 9.47 Å². The Morgan fingerprint density at radius 3 is 1.76 bits per heavy atom. The van der Waals surface area contributed by atoms with E-state index in [0.29, 0.717) is 13.5 Å². The van der Waals surface area contributed by atoms with Crippen LogP contribution in [0.5, 0.6) is 11.5 Å². The first kappa shape index (κ1) is 22.4. The average Bonchev–Trinajstić information content (AvgIpc) is 2.82. The molecule has 3 aromatic rings. The largest absolute Gasteiger partial charge is 0.473 e. The summed E-state index contributed by atoms with van der Waals surface area (Å²) in [6.45, 7) is 9.30. The first-order valence-electron chi connectivity index (χ1n) is 11.2. The Bertz CT molecular complexity index is 1210. The molecule has 0 amide bonds. The Hall–Kier alpha value is -2.44. The highest BCUT2D eigenvalue weighted by Crippen LogP contribution is 2.48. The van der Waals surface area contributed by atoms with Gasteiger partial charge in [-0.05, 0) is 57.0 Å². The minimum absolute atomic E-state index is 0.554. The quantitative estimate of drug-likeness (QED) is 0.384. The number of rotatable bonds is 4. The van der Waals surface area contributed by atoms with Crippen LogP contribution in [0.3, 0.4) is 0 Å². The molecule has 0 atom stereocenters. The van der Waals surface area contributed by atoms with Crippen LogP contribution in [0.15, 0.2) is 52.3 Å². The third-order valence-corrected chi connectivity index (χ3v) is 7.89. The third-order valence-electron chi connectivity index (χ3n) is 6.35. The van der Waals surface area contributed by atoms with Crippen LogP contribution in [-0.2, 0) is 13.1 Å². The molecule has 0 radical (unpaired) electrons. The highest BCUT2D eigenvalue weighted by Gasteiger charge is 2.28. The average molecular weight is 479 g/mol. The zero-order valence-electron chi connectivity index (χ0n) is 19.9. The minimum Gasteiger partial charge on any atom is -0.473 e. The van der Waals surface area contributed by atoms with Crippen LogP contribution >= 0.6 is 23.5 Å². The first-order chi connectivity index (χ1) is 16.0. The molecule has 6 heteroatoms. The monoisotopic (exact) mass is 478 g/mol. The number of hydrogen-bond acceptors (Lipinski definition) is 6. The fourth-order valence-corrected chi connectivity index (χ4v) is 6.51. The van der Waals surface area contributed by atoms with E-state index < -0.39 is 0 Å². The van der Waals surface area contributed by atoms with Crippen molar-refractivity contribution in [3.63, 3.8) is 0 Å². The molecule has 4 nitrogen and oxygen atoms in total. The molecule has 172 valence electrons. The standard InChI is InChI=1S/C27H30N2O2S2/c1-17-6-8-22-20(10-17)13-28(15-30-22)25-19(3)12-24(32-4)26(27(25)33-5)29-14-21-11-18(2)7-9-23(21)31-16-29/h6-12H,13-16H2,1-5H3. The number of fused-ring (bicyclic) bond motifs is 2. The van der Waals surface area contributed by atoms with Gasteiger partial charge in [-0.2, -0.15) is 0 Å². The number of anilines is 2. The Morgan fingerprint density at radius 2 is 1.24 bits per heavy atom. The zero-order valence-corrected chi connectivity index (χ0v) is 21.5. The highest BCUT2D eigenvalue weighted by molar-refractivity contribution is 7.99. The van der Waals surface area contributed by atoms with Crippen molar-refractivity contribution in [2.45, 2.75) is 43.7 Å². The molecule has 0 unspecified atom stereocenters. The van der Waals surface area contributed by atoms with Crippen molar-refractivity contribution >= 4 is 34.9 Å². The van der Waals surface area contributed by atoms with Crippen molar-refractivity contribution in [2.75, 3.05) is 35.8 Å². The number of hydrogen-bond donors (Lipinski definition) is 0. The first-order valence-corrected chi connectivity index (χ1v) is 13.6. The van der Waals surface area contributed by atoms with Crippen LogP contribution in [0.1, 0.15) is 27.8 Å². The molecule has 0 bridgehead atoms. The van der Waals surface area contributed by atoms with Crippen LogP contribution in [-0.4, -0.2) is 26.0 Å². The lowest BCUT2D eigenvalue weighted by Crippen LogP contribution is -2.35. The molecule has 0 aromatic heterocycles. The maximum Gasteiger partial charge on any atom is 0.161 e. The van der Waals surface area contributed by atoms with E-state index in [9.17, 15) is 0 Å². The van der Waals surface area contributed by atoms with Gasteiger partial charge in [-0.3, -0.25) is 0 Å². The van der Waals surface area contributed by atoms with Crippen LogP contribution in [0.2, 0.25) is 0 Å². The maximum atomic E-state index is 6.19. The summed E-state index contributed by atoms with van der Waals surface area (Å²) in [5.41, 5.74) is 8.82. The van der Waals surface area contributed by atoms with Gasteiger partial charge in [0, 0.05) is 29.1 Å². The smallest absolute Gasteiger partial charge is 0.161 e. The van der Waals surface area contributed by atoms with E-state index >= 15 is 0 Å². The van der Waals surface area contributed by atoms with Gasteiger partial charge in [0.1, 0.15) is 11.5 Å². The minimum atomic E-state index is 0.554. The van der Waals surface area contributed by atoms with E-state index in [0.717, 1.165) is 24.6 Å². The van der Waals surface area contributed by atoms with Gasteiger partial charge in [0.15, 0.2) is 13.5 Å². The van der Waals surface area contributed by atoms with Crippen molar-refractivity contribution in [2.24, 2.45) is 0 Å². The van der Waals surface area contributed by atoms with Gasteiger partial charge in [0.25, 0.3) is 0 Å². The molecule has 2 heterocycles. The fourth-order valence-electron chi connectivity index (χ4n) is 4.81. The van der Waals surface area contributed by atoms with Crippen molar-refractivity contribution in [3.8, 4) is 11.5 Å². The number of nitrogens with zero attached hydrogens (tertiary/aromatic N) is 2. The molecule has 3 aromatic carbocycles. The summed E-state index contributed by atoms with van der Waals surface area (Å²) in [5.74, 6) is 1.99. The van der Waals surface area contributed by atoms with E-state index in [1.165, 1.54) is 49.0 Å². The summed E-state index contributed by atoms with van der Waals surface area (Å²) < 4.78 is 12.4. The number of benzene rings is 3. The Labute approximate surface area is 205 Å². The second kappa shape index (κ2) is 9.07. The molecule has 0 aliphatic carbocycles. The second-order valence-electron chi connectivity index (χ2n) is 8.79. The summed E-state index contributed by atoms with van der Waals surface area (Å²) in [4.78, 5) is 7.33. The molecule has 0 fully saturated rings. The van der Waals surface area contributed by atoms with Crippen LogP contribution in [0.25, 0.3) is 0 Å². The van der Waals surface area contributed by atoms with E-state index in [1.54, 1.807) is 11.8 Å². The predicted octanol–water partition coefficient (Wildman–Crippen LogP) is 6.77. The lowest BCUT2D eigenvalue weighted by molar-refractivity contribution is 0.285. The van der Waals surface area contributed by atoms with E-state index in [2.05, 4.69) is 85.5 Å². The summed E-state index contributed by atoms with van der Waals surface area (Å²) in [6, 6.07) is 15.2. The van der Waals surface area contributed by atoms with Gasteiger partial charge in [-0.15, -0.1) is 23.5 Å². The molecule has 0 saturated heterocycles. The topological polar surface area (TPSA) is 24.9 Å². The van der Waals surface area contributed by atoms with Crippen molar-refractivity contribution in [1.29, 1.82) is 0 Å². The number of thioether (sulfide) groups is 2. The number of aryl methyl sites for hydroxylation is 3. The van der Waals surface area contributed by atoms with E-state index in [1.807, 2.05) is 11.8 Å². The van der Waals surface area contributed by atoms with Crippen molar-refractivity contribution in [3.05, 3.63) is 70.3 Å². The van der Waals surface area contributed by atoms with Gasteiger partial charge in [0.05, 0.1) is 16.3 Å². The van der Waals surface area contributed by atoms with Crippen LogP contribution in [0, 0.1) is 20.8 Å². The third kappa shape index (κ3) is 4.15. The molecule has 2 aliphatic heterocycles. The molecule has 0 spiro atoms. The van der Waals surface area contributed by atoms with Crippen molar-refractivity contribution in [1.82, 2.24) is 0 Å². The Morgan fingerprint density at radius 1 is 0.697 bits per heavy atom. The van der Waals surface area contributed by atoms with E-state index in [-0.39, 0.29) is 0 Å². The van der Waals surface area contributed by atoms with Gasteiger partial charge in [-0.1, -0.05) is 35.4 Å². The maximum absolute atomic E-state index is 6.19. The molecular weight excluding hydrogens is 448 g/mol. The van der Waals surface area contributed by atoms with Gasteiger partial charge < -0.3 is 19.3 Å². The lowest BCUT2D eigenvalue weighted by atomic mass is 10.1. The van der Waals surface area contributed by atoms with E-state index in [4.69, 9.17) is 9.47 Å². The van der Waals surface area contributed by atoms with Gasteiger partial charge in [-0.25, -0.2) is 0 Å². The lowest BCUT2D eigenvalue weighted by Gasteiger charge is -2.37. The predicted molar refractivity (Wildman–Crippen MR) is 140 cm³/mol. The molecular formula is C27H30N2O2S2. The number of ether oxygens (including phenoxy) is 2.